The number of hydrogen-bond donors (Lipinski definition) is 2. The third-order valence-corrected chi connectivity index (χ3v) is 2.52. The molecule has 0 amide bonds. The van der Waals surface area contributed by atoms with Crippen molar-refractivity contribution in [3.63, 3.8) is 0 Å². The molecular formula is C12H11F5O2. The Morgan fingerprint density at radius 2 is 1.37 bits per heavy atom. The summed E-state index contributed by atoms with van der Waals surface area (Å²) in [4.78, 5) is 0. The molecule has 0 bridgehead atoms. The zero-order valence-corrected chi connectivity index (χ0v) is 9.69. The quantitative estimate of drug-likeness (QED) is 0.377. The van der Waals surface area contributed by atoms with Crippen LogP contribution in [0, 0.1) is 29.1 Å². The molecule has 0 heterocycles. The van der Waals surface area contributed by atoms with Crippen LogP contribution in [0.2, 0.25) is 0 Å². The van der Waals surface area contributed by atoms with Gasteiger partial charge in [0.2, 0.25) is 5.82 Å². The second kappa shape index (κ2) is 6.12. The van der Waals surface area contributed by atoms with Crippen LogP contribution in [0.25, 0.3) is 0 Å². The molecule has 7 heteroatoms. The van der Waals surface area contributed by atoms with Crippen LogP contribution in [0.15, 0.2) is 12.2 Å². The summed E-state index contributed by atoms with van der Waals surface area (Å²) in [6.07, 6.45) is -2.30. The zero-order chi connectivity index (χ0) is 14.7. The first kappa shape index (κ1) is 15.6. The van der Waals surface area contributed by atoms with Gasteiger partial charge in [0.25, 0.3) is 0 Å². The van der Waals surface area contributed by atoms with Gasteiger partial charge in [0.15, 0.2) is 23.3 Å². The van der Waals surface area contributed by atoms with Gasteiger partial charge in [-0.3, -0.25) is 0 Å². The number of aliphatic hydroxyl groups excluding tert-OH is 2. The SMILES string of the molecule is C=C(CCO)CC(O)c1c(F)c(F)c(F)c(F)c1F. The van der Waals surface area contributed by atoms with E-state index in [1.165, 1.54) is 0 Å². The van der Waals surface area contributed by atoms with Crippen LogP contribution in [-0.4, -0.2) is 16.8 Å². The first-order valence-electron chi connectivity index (χ1n) is 5.28. The molecule has 0 aliphatic carbocycles. The van der Waals surface area contributed by atoms with E-state index in [1.54, 1.807) is 0 Å². The van der Waals surface area contributed by atoms with E-state index in [0.29, 0.717) is 0 Å². The molecule has 0 spiro atoms. The summed E-state index contributed by atoms with van der Waals surface area (Å²) in [5.74, 6) is -10.6. The Bertz CT molecular complexity index is 472. The molecule has 0 fully saturated rings. The molecule has 106 valence electrons. The Morgan fingerprint density at radius 1 is 0.947 bits per heavy atom. The highest BCUT2D eigenvalue weighted by Crippen LogP contribution is 2.31. The second-order valence-corrected chi connectivity index (χ2v) is 3.93. The molecule has 19 heavy (non-hydrogen) atoms. The normalized spacial score (nSPS) is 12.6. The predicted molar refractivity (Wildman–Crippen MR) is 56.7 cm³/mol. The molecule has 0 aliphatic rings. The minimum absolute atomic E-state index is 0.0481. The number of benzene rings is 1. The summed E-state index contributed by atoms with van der Waals surface area (Å²) in [5.41, 5.74) is -1.07. The highest BCUT2D eigenvalue weighted by Gasteiger charge is 2.29. The van der Waals surface area contributed by atoms with Crippen molar-refractivity contribution >= 4 is 0 Å². The van der Waals surface area contributed by atoms with Crippen molar-refractivity contribution in [1.29, 1.82) is 0 Å². The van der Waals surface area contributed by atoms with Gasteiger partial charge in [0, 0.05) is 6.61 Å². The Labute approximate surface area is 105 Å². The standard InChI is InChI=1S/C12H11F5O2/c1-5(2-3-18)4-6(19)7-8(13)10(15)12(17)11(16)9(7)14/h6,18-19H,1-4H2. The fraction of sp³-hybridized carbons (Fsp3) is 0.333. The minimum Gasteiger partial charge on any atom is -0.396 e. The van der Waals surface area contributed by atoms with Crippen molar-refractivity contribution in [2.45, 2.75) is 18.9 Å². The van der Waals surface area contributed by atoms with Crippen molar-refractivity contribution < 1.29 is 32.2 Å². The van der Waals surface area contributed by atoms with Crippen molar-refractivity contribution in [3.8, 4) is 0 Å². The van der Waals surface area contributed by atoms with Gasteiger partial charge in [-0.15, -0.1) is 0 Å². The molecule has 2 N–H and O–H groups in total. The van der Waals surface area contributed by atoms with E-state index >= 15 is 0 Å². The van der Waals surface area contributed by atoms with Gasteiger partial charge in [-0.05, 0) is 12.8 Å². The van der Waals surface area contributed by atoms with Crippen molar-refractivity contribution in [2.75, 3.05) is 6.61 Å². The highest BCUT2D eigenvalue weighted by molar-refractivity contribution is 5.27. The lowest BCUT2D eigenvalue weighted by Crippen LogP contribution is -2.12. The van der Waals surface area contributed by atoms with Gasteiger partial charge >= 0.3 is 0 Å². The fourth-order valence-electron chi connectivity index (χ4n) is 1.55. The van der Waals surface area contributed by atoms with Crippen molar-refractivity contribution in [3.05, 3.63) is 46.8 Å². The lowest BCUT2D eigenvalue weighted by atomic mass is 9.99. The maximum Gasteiger partial charge on any atom is 0.200 e. The van der Waals surface area contributed by atoms with E-state index in [4.69, 9.17) is 5.11 Å². The van der Waals surface area contributed by atoms with Crippen LogP contribution in [0.3, 0.4) is 0 Å². The molecule has 1 atom stereocenters. The summed E-state index contributed by atoms with van der Waals surface area (Å²) in [7, 11) is 0. The lowest BCUT2D eigenvalue weighted by Gasteiger charge is -2.15. The van der Waals surface area contributed by atoms with E-state index in [1.807, 2.05) is 0 Å². The number of hydrogen-bond acceptors (Lipinski definition) is 2. The van der Waals surface area contributed by atoms with E-state index in [-0.39, 0.29) is 18.6 Å². The predicted octanol–water partition coefficient (Wildman–Crippen LogP) is 2.74. The van der Waals surface area contributed by atoms with E-state index in [2.05, 4.69) is 6.58 Å². The first-order chi connectivity index (χ1) is 8.81. The van der Waals surface area contributed by atoms with Crippen LogP contribution in [0.1, 0.15) is 24.5 Å². The number of rotatable bonds is 5. The Hall–Kier alpha value is -1.47. The van der Waals surface area contributed by atoms with Crippen LogP contribution in [0.5, 0.6) is 0 Å². The summed E-state index contributed by atoms with van der Waals surface area (Å²) >= 11 is 0. The average molecular weight is 282 g/mol. The molecule has 0 saturated heterocycles. The molecule has 1 unspecified atom stereocenters. The number of halogens is 5. The third kappa shape index (κ3) is 3.10. The zero-order valence-electron chi connectivity index (χ0n) is 9.69. The van der Waals surface area contributed by atoms with Gasteiger partial charge in [-0.25, -0.2) is 22.0 Å². The first-order valence-corrected chi connectivity index (χ1v) is 5.28. The van der Waals surface area contributed by atoms with Crippen molar-refractivity contribution in [1.82, 2.24) is 0 Å². The van der Waals surface area contributed by atoms with Crippen LogP contribution in [-0.2, 0) is 0 Å². The second-order valence-electron chi connectivity index (χ2n) is 3.93. The van der Waals surface area contributed by atoms with Crippen LogP contribution in [0.4, 0.5) is 22.0 Å². The van der Waals surface area contributed by atoms with Crippen LogP contribution >= 0.6 is 0 Å². The van der Waals surface area contributed by atoms with Gasteiger partial charge in [0.1, 0.15) is 0 Å². The smallest absolute Gasteiger partial charge is 0.200 e. The van der Waals surface area contributed by atoms with E-state index in [0.717, 1.165) is 0 Å². The largest absolute Gasteiger partial charge is 0.396 e. The summed E-state index contributed by atoms with van der Waals surface area (Å²) in [6.45, 7) is 3.10. The van der Waals surface area contributed by atoms with Crippen LogP contribution < -0.4 is 0 Å². The van der Waals surface area contributed by atoms with Gasteiger partial charge in [0.05, 0.1) is 11.7 Å². The Morgan fingerprint density at radius 3 is 1.79 bits per heavy atom. The highest BCUT2D eigenvalue weighted by atomic mass is 19.2. The van der Waals surface area contributed by atoms with Gasteiger partial charge in [-0.1, -0.05) is 12.2 Å². The summed E-state index contributed by atoms with van der Waals surface area (Å²) < 4.78 is 65.3. The molecular weight excluding hydrogens is 271 g/mol. The maximum absolute atomic E-state index is 13.3. The third-order valence-electron chi connectivity index (χ3n) is 2.52. The molecule has 1 rings (SSSR count). The molecule has 0 saturated carbocycles. The fourth-order valence-corrected chi connectivity index (χ4v) is 1.55. The summed E-state index contributed by atoms with van der Waals surface area (Å²) in [5, 5.41) is 18.1. The molecule has 0 radical (unpaired) electrons. The Kier molecular flexibility index (Phi) is 5.02. The molecule has 1 aromatic carbocycles. The summed E-state index contributed by atoms with van der Waals surface area (Å²) in [6, 6.07) is 0. The van der Waals surface area contributed by atoms with E-state index < -0.39 is 47.2 Å². The maximum atomic E-state index is 13.3. The topological polar surface area (TPSA) is 40.5 Å². The molecule has 2 nitrogen and oxygen atoms in total. The lowest BCUT2D eigenvalue weighted by molar-refractivity contribution is 0.161. The van der Waals surface area contributed by atoms with Gasteiger partial charge in [-0.2, -0.15) is 0 Å². The minimum atomic E-state index is -2.28. The number of aliphatic hydroxyl groups is 2. The molecule has 1 aromatic rings. The molecule has 0 aliphatic heterocycles. The van der Waals surface area contributed by atoms with E-state index in [9.17, 15) is 27.1 Å². The molecule has 0 aromatic heterocycles. The van der Waals surface area contributed by atoms with Crippen molar-refractivity contribution in [2.24, 2.45) is 0 Å². The Balaban J connectivity index is 3.17. The van der Waals surface area contributed by atoms with Gasteiger partial charge < -0.3 is 10.2 Å². The monoisotopic (exact) mass is 282 g/mol. The average Bonchev–Trinajstić information content (AvgIpc) is 2.34.